The van der Waals surface area contributed by atoms with E-state index in [0.717, 1.165) is 30.4 Å². The fourth-order valence-corrected chi connectivity index (χ4v) is 6.10. The smallest absolute Gasteiger partial charge is 0.248 e. The molecule has 38 heavy (non-hydrogen) atoms. The second kappa shape index (κ2) is 9.71. The van der Waals surface area contributed by atoms with E-state index in [-0.39, 0.29) is 36.1 Å². The number of likely N-dealkylation sites (tertiary alicyclic amines) is 1. The van der Waals surface area contributed by atoms with Crippen molar-refractivity contribution in [2.24, 2.45) is 5.92 Å². The van der Waals surface area contributed by atoms with Crippen molar-refractivity contribution in [1.29, 1.82) is 0 Å². The molecule has 0 unspecified atom stereocenters. The van der Waals surface area contributed by atoms with Crippen LogP contribution in [-0.2, 0) is 16.1 Å². The summed E-state index contributed by atoms with van der Waals surface area (Å²) in [6, 6.07) is 10.4. The quantitative estimate of drug-likeness (QED) is 0.274. The van der Waals surface area contributed by atoms with E-state index in [1.807, 2.05) is 18.2 Å². The molecular formula is C27H24BrN7O3. The van der Waals surface area contributed by atoms with Crippen LogP contribution in [0.1, 0.15) is 36.7 Å². The fourth-order valence-electron chi connectivity index (χ4n) is 5.76. The van der Waals surface area contributed by atoms with Crippen molar-refractivity contribution < 1.29 is 14.4 Å². The van der Waals surface area contributed by atoms with Gasteiger partial charge in [-0.15, -0.1) is 0 Å². The molecule has 0 radical (unpaired) electrons. The molecule has 0 spiro atoms. The maximum Gasteiger partial charge on any atom is 0.248 e. The number of piperidine rings is 1. The van der Waals surface area contributed by atoms with E-state index in [1.165, 1.54) is 13.3 Å². The van der Waals surface area contributed by atoms with Crippen molar-refractivity contribution >= 4 is 50.2 Å². The molecule has 2 aliphatic rings. The van der Waals surface area contributed by atoms with Crippen molar-refractivity contribution in [3.8, 4) is 11.1 Å². The number of hydrogen-bond acceptors (Lipinski definition) is 7. The molecular weight excluding hydrogens is 550 g/mol. The Labute approximate surface area is 226 Å². The van der Waals surface area contributed by atoms with Gasteiger partial charge in [-0.3, -0.25) is 19.1 Å². The first-order valence-corrected chi connectivity index (χ1v) is 13.2. The number of anilines is 1. The minimum Gasteiger partial charge on any atom is -0.326 e. The van der Waals surface area contributed by atoms with E-state index in [0.29, 0.717) is 27.0 Å². The molecule has 2 fully saturated rings. The van der Waals surface area contributed by atoms with Gasteiger partial charge in [-0.2, -0.15) is 5.10 Å². The Balaban J connectivity index is 1.29. The summed E-state index contributed by atoms with van der Waals surface area (Å²) < 4.78 is 2.18. The summed E-state index contributed by atoms with van der Waals surface area (Å²) in [6.07, 6.45) is 7.44. The maximum atomic E-state index is 13.7. The Bertz CT molecular complexity index is 1570. The molecule has 1 N–H and O–H groups in total. The number of hydrogen-bond donors (Lipinski definition) is 1. The van der Waals surface area contributed by atoms with Gasteiger partial charge in [0.05, 0.1) is 5.52 Å². The van der Waals surface area contributed by atoms with Gasteiger partial charge < -0.3 is 10.2 Å². The number of pyridine rings is 1. The number of Topliss-reactive ketones (excluding diaryl/α,β-unsaturated/α-hetero) is 1. The zero-order valence-electron chi connectivity index (χ0n) is 20.5. The lowest BCUT2D eigenvalue weighted by Crippen LogP contribution is -2.52. The van der Waals surface area contributed by atoms with Crippen LogP contribution in [0, 0.1) is 5.92 Å². The Morgan fingerprint density at radius 1 is 1.08 bits per heavy atom. The lowest BCUT2D eigenvalue weighted by atomic mass is 9.97. The number of halogens is 1. The molecule has 10 nitrogen and oxygen atoms in total. The summed E-state index contributed by atoms with van der Waals surface area (Å²) in [4.78, 5) is 53.6. The summed E-state index contributed by atoms with van der Waals surface area (Å²) in [5.41, 5.74) is 2.63. The minimum absolute atomic E-state index is 0.0116. The summed E-state index contributed by atoms with van der Waals surface area (Å²) in [5.74, 6) is -0.0842. The average molecular weight is 574 g/mol. The van der Waals surface area contributed by atoms with Gasteiger partial charge >= 0.3 is 0 Å². The van der Waals surface area contributed by atoms with Crippen LogP contribution in [0.4, 0.5) is 5.82 Å². The van der Waals surface area contributed by atoms with Gasteiger partial charge in [0.25, 0.3) is 0 Å². The van der Waals surface area contributed by atoms with Crippen molar-refractivity contribution in [3.05, 3.63) is 65.4 Å². The number of fused-ring (bicyclic) bond motifs is 3. The molecule has 3 aromatic heterocycles. The number of nitrogens with zero attached hydrogens (tertiary/aromatic N) is 6. The molecule has 3 atom stereocenters. The van der Waals surface area contributed by atoms with Gasteiger partial charge in [0.2, 0.25) is 11.8 Å². The number of benzene rings is 1. The van der Waals surface area contributed by atoms with E-state index in [9.17, 15) is 14.4 Å². The van der Waals surface area contributed by atoms with E-state index in [1.54, 1.807) is 40.2 Å². The van der Waals surface area contributed by atoms with Gasteiger partial charge in [-0.05, 0) is 70.9 Å². The van der Waals surface area contributed by atoms with Crippen LogP contribution >= 0.6 is 15.9 Å². The molecule has 4 aromatic rings. The topological polar surface area (TPSA) is 123 Å². The third-order valence-corrected chi connectivity index (χ3v) is 7.81. The first-order valence-electron chi connectivity index (χ1n) is 12.4. The third-order valence-electron chi connectivity index (χ3n) is 7.37. The van der Waals surface area contributed by atoms with Crippen LogP contribution in [0.15, 0.2) is 59.7 Å². The molecule has 1 aliphatic carbocycles. The highest BCUT2D eigenvalue weighted by Crippen LogP contribution is 2.43. The van der Waals surface area contributed by atoms with Crippen molar-refractivity contribution in [3.63, 3.8) is 0 Å². The molecule has 1 aromatic carbocycles. The standard InChI is InChI=1S/C27H24BrN7O3/c1-15(36)25-20-10-16(18-11-29-14-30-12-18)6-8-21(20)34(33-25)13-24(37)35-19-7-5-17(9-19)26(35)27(38)32-23-4-2-3-22(28)31-23/h2-4,6,8,10-12,14,17,19,26H,5,7,9,13H2,1H3,(H,31,32,38)/t17-,19+,26-/m0/s1. The lowest BCUT2D eigenvalue weighted by molar-refractivity contribution is -0.141. The predicted octanol–water partition coefficient (Wildman–Crippen LogP) is 3.87. The Kier molecular flexibility index (Phi) is 6.22. The van der Waals surface area contributed by atoms with E-state index in [2.05, 4.69) is 41.3 Å². The second-order valence-electron chi connectivity index (χ2n) is 9.73. The number of nitrogens with one attached hydrogen (secondary N) is 1. The van der Waals surface area contributed by atoms with Crippen LogP contribution in [-0.4, -0.2) is 59.3 Å². The number of carbonyl (C=O) groups excluding carboxylic acids is 3. The van der Waals surface area contributed by atoms with Gasteiger partial charge in [-0.1, -0.05) is 12.1 Å². The number of amides is 2. The van der Waals surface area contributed by atoms with Crippen molar-refractivity contribution in [2.75, 3.05) is 5.32 Å². The van der Waals surface area contributed by atoms with Crippen LogP contribution in [0.3, 0.4) is 0 Å². The summed E-state index contributed by atoms with van der Waals surface area (Å²) in [6.45, 7) is 1.39. The third kappa shape index (κ3) is 4.36. The van der Waals surface area contributed by atoms with Crippen LogP contribution in [0.5, 0.6) is 0 Å². The summed E-state index contributed by atoms with van der Waals surface area (Å²) in [5, 5.41) is 8.05. The molecule has 2 amide bonds. The van der Waals surface area contributed by atoms with Gasteiger partial charge in [0, 0.05) is 36.3 Å². The largest absolute Gasteiger partial charge is 0.326 e. The molecule has 4 heterocycles. The monoisotopic (exact) mass is 573 g/mol. The highest BCUT2D eigenvalue weighted by Gasteiger charge is 2.51. The van der Waals surface area contributed by atoms with E-state index < -0.39 is 6.04 Å². The van der Waals surface area contributed by atoms with Crippen LogP contribution in [0.2, 0.25) is 0 Å². The summed E-state index contributed by atoms with van der Waals surface area (Å²) >= 11 is 3.32. The number of rotatable bonds is 6. The first-order chi connectivity index (χ1) is 18.4. The number of ketones is 1. The van der Waals surface area contributed by atoms with Crippen molar-refractivity contribution in [1.82, 2.24) is 29.6 Å². The molecule has 1 saturated heterocycles. The molecule has 2 bridgehead atoms. The van der Waals surface area contributed by atoms with Crippen LogP contribution < -0.4 is 5.32 Å². The van der Waals surface area contributed by atoms with E-state index >= 15 is 0 Å². The number of carbonyl (C=O) groups is 3. The molecule has 1 saturated carbocycles. The maximum absolute atomic E-state index is 13.7. The molecule has 11 heteroatoms. The predicted molar refractivity (Wildman–Crippen MR) is 143 cm³/mol. The Morgan fingerprint density at radius 2 is 1.89 bits per heavy atom. The lowest BCUT2D eigenvalue weighted by Gasteiger charge is -2.34. The minimum atomic E-state index is -0.569. The van der Waals surface area contributed by atoms with E-state index in [4.69, 9.17) is 0 Å². The molecule has 192 valence electrons. The van der Waals surface area contributed by atoms with Gasteiger partial charge in [-0.25, -0.2) is 15.0 Å². The average Bonchev–Trinajstić information content (AvgIpc) is 3.62. The normalized spacial score (nSPS) is 20.2. The zero-order chi connectivity index (χ0) is 26.4. The molecule has 6 rings (SSSR count). The molecule has 1 aliphatic heterocycles. The Hall–Kier alpha value is -3.99. The Morgan fingerprint density at radius 3 is 2.66 bits per heavy atom. The zero-order valence-corrected chi connectivity index (χ0v) is 22.1. The summed E-state index contributed by atoms with van der Waals surface area (Å²) in [7, 11) is 0. The van der Waals surface area contributed by atoms with Gasteiger partial charge in [0.1, 0.15) is 35.0 Å². The van der Waals surface area contributed by atoms with Gasteiger partial charge in [0.15, 0.2) is 5.78 Å². The fraction of sp³-hybridized carbons (Fsp3) is 0.296. The SMILES string of the molecule is CC(=O)c1nn(CC(=O)N2[C@@H]3CC[C@@H](C3)[C@H]2C(=O)Nc2cccc(Br)n2)c2ccc(-c3cncnc3)cc12. The highest BCUT2D eigenvalue weighted by atomic mass is 79.9. The van der Waals surface area contributed by atoms with Crippen LogP contribution in [0.25, 0.3) is 22.0 Å². The first kappa shape index (κ1) is 24.4. The second-order valence-corrected chi connectivity index (χ2v) is 10.5. The highest BCUT2D eigenvalue weighted by molar-refractivity contribution is 9.10. The van der Waals surface area contributed by atoms with Crippen molar-refractivity contribution in [2.45, 2.75) is 44.8 Å². The number of aromatic nitrogens is 5.